The van der Waals surface area contributed by atoms with Crippen LogP contribution >= 0.6 is 0 Å². The maximum atomic E-state index is 13.2. The Hall–Kier alpha value is -1.61. The van der Waals surface area contributed by atoms with Crippen molar-refractivity contribution < 1.29 is 4.79 Å². The molecule has 0 radical (unpaired) electrons. The molecule has 2 fully saturated rings. The van der Waals surface area contributed by atoms with Gasteiger partial charge in [-0.2, -0.15) is 0 Å². The van der Waals surface area contributed by atoms with Gasteiger partial charge < -0.3 is 10.3 Å². The van der Waals surface area contributed by atoms with Crippen molar-refractivity contribution in [3.63, 3.8) is 0 Å². The molecule has 23 heavy (non-hydrogen) atoms. The van der Waals surface area contributed by atoms with Gasteiger partial charge in [0.15, 0.2) is 0 Å². The van der Waals surface area contributed by atoms with Crippen LogP contribution in [0.2, 0.25) is 0 Å². The summed E-state index contributed by atoms with van der Waals surface area (Å²) in [7, 11) is 0. The van der Waals surface area contributed by atoms with Gasteiger partial charge in [-0.15, -0.1) is 0 Å². The third-order valence-electron chi connectivity index (χ3n) is 6.93. The maximum Gasteiger partial charge on any atom is 0.143 e. The molecule has 3 aliphatic rings. The van der Waals surface area contributed by atoms with Crippen LogP contribution in [0, 0.1) is 11.8 Å². The SMILES string of the molecule is CC1(C)N[C@@H]2Cc3c([nH]c4ccccc34)[C@]3(C)CC[C@H]1C(=O)[C@H]23. The van der Waals surface area contributed by atoms with Crippen LogP contribution in [0.15, 0.2) is 24.3 Å². The number of fused-ring (bicyclic) bond motifs is 5. The van der Waals surface area contributed by atoms with Crippen molar-refractivity contribution >= 4 is 16.7 Å². The molecule has 3 nitrogen and oxygen atoms in total. The zero-order valence-corrected chi connectivity index (χ0v) is 14.1. The third-order valence-corrected chi connectivity index (χ3v) is 6.93. The van der Waals surface area contributed by atoms with Gasteiger partial charge in [0.25, 0.3) is 0 Å². The highest BCUT2D eigenvalue weighted by atomic mass is 16.1. The standard InChI is InChI=1S/C20H24N2O/c1-19(2)13-8-9-20(3)16(17(13)23)15(22-19)10-12-11-6-4-5-7-14(11)21-18(12)20/h4-7,13,15-16,21-22H,8-10H2,1-3H3/t13-,15+,16-,20+/m0/s1. The fourth-order valence-corrected chi connectivity index (χ4v) is 5.86. The number of aromatic amines is 1. The summed E-state index contributed by atoms with van der Waals surface area (Å²) in [6, 6.07) is 8.85. The molecule has 0 unspecified atom stereocenters. The molecule has 1 aromatic carbocycles. The van der Waals surface area contributed by atoms with E-state index in [2.05, 4.69) is 55.3 Å². The highest BCUT2D eigenvalue weighted by molar-refractivity contribution is 5.92. The molecule has 4 atom stereocenters. The van der Waals surface area contributed by atoms with Crippen LogP contribution in [0.4, 0.5) is 0 Å². The number of H-pyrrole nitrogens is 1. The van der Waals surface area contributed by atoms with E-state index in [0.717, 1.165) is 19.3 Å². The summed E-state index contributed by atoms with van der Waals surface area (Å²) in [6.45, 7) is 6.73. The van der Waals surface area contributed by atoms with Gasteiger partial charge in [-0.3, -0.25) is 4.79 Å². The molecule has 1 saturated carbocycles. The molecular weight excluding hydrogens is 284 g/mol. The average Bonchev–Trinajstić information content (AvgIpc) is 2.85. The number of piperidine rings is 1. The second-order valence-corrected chi connectivity index (χ2v) is 8.59. The van der Waals surface area contributed by atoms with Crippen LogP contribution in [0.25, 0.3) is 10.9 Å². The van der Waals surface area contributed by atoms with Crippen molar-refractivity contribution in [2.24, 2.45) is 11.8 Å². The van der Waals surface area contributed by atoms with Crippen LogP contribution < -0.4 is 5.32 Å². The molecule has 0 spiro atoms. The van der Waals surface area contributed by atoms with Gasteiger partial charge in [0.1, 0.15) is 5.78 Å². The first-order valence-electron chi connectivity index (χ1n) is 8.83. The lowest BCUT2D eigenvalue weighted by molar-refractivity contribution is -0.143. The molecule has 2 aliphatic carbocycles. The van der Waals surface area contributed by atoms with E-state index in [-0.39, 0.29) is 28.8 Å². The van der Waals surface area contributed by atoms with Crippen LogP contribution in [-0.2, 0) is 16.6 Å². The summed E-state index contributed by atoms with van der Waals surface area (Å²) >= 11 is 0. The van der Waals surface area contributed by atoms with Crippen molar-refractivity contribution in [3.05, 3.63) is 35.5 Å². The number of rotatable bonds is 0. The highest BCUT2D eigenvalue weighted by Crippen LogP contribution is 2.54. The van der Waals surface area contributed by atoms with Gasteiger partial charge in [0, 0.05) is 45.4 Å². The normalized spacial score (nSPS) is 37.7. The first-order chi connectivity index (χ1) is 10.9. The number of carbonyl (C=O) groups is 1. The van der Waals surface area contributed by atoms with Crippen molar-refractivity contribution in [2.75, 3.05) is 0 Å². The summed E-state index contributed by atoms with van der Waals surface area (Å²) in [5.74, 6) is 0.786. The molecule has 5 rings (SSSR count). The van der Waals surface area contributed by atoms with Crippen LogP contribution in [-0.4, -0.2) is 22.3 Å². The summed E-state index contributed by atoms with van der Waals surface area (Å²) in [4.78, 5) is 16.9. The lowest BCUT2D eigenvalue weighted by Gasteiger charge is -2.58. The lowest BCUT2D eigenvalue weighted by atomic mass is 9.51. The molecule has 1 aromatic heterocycles. The minimum Gasteiger partial charge on any atom is -0.358 e. The predicted octanol–water partition coefficient (Wildman–Crippen LogP) is 3.33. The van der Waals surface area contributed by atoms with Crippen LogP contribution in [0.1, 0.15) is 44.9 Å². The number of aromatic nitrogens is 1. The Morgan fingerprint density at radius 3 is 2.78 bits per heavy atom. The monoisotopic (exact) mass is 308 g/mol. The number of hydrogen-bond donors (Lipinski definition) is 2. The average molecular weight is 308 g/mol. The lowest BCUT2D eigenvalue weighted by Crippen LogP contribution is -2.70. The fourth-order valence-electron chi connectivity index (χ4n) is 5.86. The van der Waals surface area contributed by atoms with Gasteiger partial charge in [-0.25, -0.2) is 0 Å². The Labute approximate surface area is 136 Å². The highest BCUT2D eigenvalue weighted by Gasteiger charge is 2.60. The minimum atomic E-state index is -0.0802. The zero-order valence-electron chi connectivity index (χ0n) is 14.1. The van der Waals surface area contributed by atoms with E-state index >= 15 is 0 Å². The van der Waals surface area contributed by atoms with E-state index in [9.17, 15) is 4.79 Å². The molecule has 1 aliphatic heterocycles. The van der Waals surface area contributed by atoms with E-state index in [1.807, 2.05) is 0 Å². The Morgan fingerprint density at radius 1 is 1.17 bits per heavy atom. The summed E-state index contributed by atoms with van der Waals surface area (Å²) in [6.07, 6.45) is 3.06. The van der Waals surface area contributed by atoms with Crippen molar-refractivity contribution in [2.45, 2.75) is 57.0 Å². The Kier molecular flexibility index (Phi) is 2.44. The molecule has 2 bridgehead atoms. The molecular formula is C20H24N2O. The van der Waals surface area contributed by atoms with E-state index in [1.54, 1.807) is 0 Å². The summed E-state index contributed by atoms with van der Waals surface area (Å²) in [5.41, 5.74) is 3.85. The number of benzene rings is 1. The van der Waals surface area contributed by atoms with E-state index in [0.29, 0.717) is 5.78 Å². The third kappa shape index (κ3) is 1.56. The number of hydrogen-bond acceptors (Lipinski definition) is 2. The maximum absolute atomic E-state index is 13.2. The molecule has 2 N–H and O–H groups in total. The number of para-hydroxylation sites is 1. The Morgan fingerprint density at radius 2 is 1.96 bits per heavy atom. The molecule has 2 heterocycles. The van der Waals surface area contributed by atoms with Crippen LogP contribution in [0.5, 0.6) is 0 Å². The van der Waals surface area contributed by atoms with Crippen molar-refractivity contribution in [3.8, 4) is 0 Å². The van der Waals surface area contributed by atoms with Gasteiger partial charge in [0.05, 0.1) is 0 Å². The second kappa shape index (κ2) is 4.07. The van der Waals surface area contributed by atoms with E-state index < -0.39 is 0 Å². The minimum absolute atomic E-state index is 0.0473. The molecule has 120 valence electrons. The van der Waals surface area contributed by atoms with Gasteiger partial charge in [-0.1, -0.05) is 25.1 Å². The predicted molar refractivity (Wildman–Crippen MR) is 91.6 cm³/mol. The first kappa shape index (κ1) is 13.8. The molecule has 1 saturated heterocycles. The van der Waals surface area contributed by atoms with Crippen molar-refractivity contribution in [1.29, 1.82) is 0 Å². The number of nitrogens with one attached hydrogen (secondary N) is 2. The fraction of sp³-hybridized carbons (Fsp3) is 0.550. The first-order valence-corrected chi connectivity index (χ1v) is 8.83. The largest absolute Gasteiger partial charge is 0.358 e. The van der Waals surface area contributed by atoms with Gasteiger partial charge >= 0.3 is 0 Å². The van der Waals surface area contributed by atoms with Gasteiger partial charge in [0.2, 0.25) is 0 Å². The Bertz CT molecular complexity index is 833. The topological polar surface area (TPSA) is 44.9 Å². The van der Waals surface area contributed by atoms with Crippen LogP contribution in [0.3, 0.4) is 0 Å². The number of carbonyl (C=O) groups excluding carboxylic acids is 1. The summed E-state index contributed by atoms with van der Waals surface area (Å²) < 4.78 is 0. The number of Topliss-reactive ketones (excluding diaryl/α,β-unsaturated/α-hetero) is 1. The second-order valence-electron chi connectivity index (χ2n) is 8.59. The molecule has 3 heteroatoms. The number of ketones is 1. The van der Waals surface area contributed by atoms with Gasteiger partial charge in [-0.05, 0) is 44.7 Å². The van der Waals surface area contributed by atoms with E-state index in [1.165, 1.54) is 22.2 Å². The molecule has 0 amide bonds. The Balaban J connectivity index is 1.77. The molecule has 2 aromatic rings. The smallest absolute Gasteiger partial charge is 0.143 e. The van der Waals surface area contributed by atoms with Crippen molar-refractivity contribution in [1.82, 2.24) is 10.3 Å². The summed E-state index contributed by atoms with van der Waals surface area (Å²) in [5, 5.41) is 5.18. The quantitative estimate of drug-likeness (QED) is 0.784. The zero-order chi connectivity index (χ0) is 16.0. The van der Waals surface area contributed by atoms with E-state index in [4.69, 9.17) is 0 Å².